The first kappa shape index (κ1) is 15.4. The molecule has 0 aliphatic rings. The number of esters is 1. The van der Waals surface area contributed by atoms with E-state index < -0.39 is 5.97 Å². The lowest BCUT2D eigenvalue weighted by Crippen LogP contribution is -2.00. The highest BCUT2D eigenvalue weighted by atomic mass is 16.5. The summed E-state index contributed by atoms with van der Waals surface area (Å²) in [5.74, 6) is -0.872. The SMILES string of the molecule is COC(=O)c1ccc(N=Nc2ccc(C(C)=O)cc2)cc1O. The number of phenolic OH excluding ortho intramolecular Hbond substituents is 1. The molecule has 6 nitrogen and oxygen atoms in total. The second kappa shape index (κ2) is 6.62. The summed E-state index contributed by atoms with van der Waals surface area (Å²) >= 11 is 0. The van der Waals surface area contributed by atoms with Crippen LogP contribution < -0.4 is 0 Å². The molecule has 0 heterocycles. The molecule has 0 atom stereocenters. The lowest BCUT2D eigenvalue weighted by atomic mass is 10.1. The number of ketones is 1. The van der Waals surface area contributed by atoms with Crippen LogP contribution in [0.15, 0.2) is 52.7 Å². The van der Waals surface area contributed by atoms with Gasteiger partial charge in [-0.1, -0.05) is 0 Å². The molecule has 0 aliphatic carbocycles. The van der Waals surface area contributed by atoms with Crippen LogP contribution in [0.3, 0.4) is 0 Å². The van der Waals surface area contributed by atoms with Crippen molar-refractivity contribution in [2.24, 2.45) is 10.2 Å². The van der Waals surface area contributed by atoms with Gasteiger partial charge in [-0.3, -0.25) is 4.79 Å². The third-order valence-corrected chi connectivity index (χ3v) is 2.94. The highest BCUT2D eigenvalue weighted by Gasteiger charge is 2.11. The smallest absolute Gasteiger partial charge is 0.341 e. The van der Waals surface area contributed by atoms with Gasteiger partial charge in [-0.05, 0) is 43.3 Å². The third kappa shape index (κ3) is 3.54. The Morgan fingerprint density at radius 2 is 1.59 bits per heavy atom. The molecule has 0 bridgehead atoms. The molecule has 0 saturated carbocycles. The van der Waals surface area contributed by atoms with Crippen molar-refractivity contribution < 1.29 is 19.4 Å². The summed E-state index contributed by atoms with van der Waals surface area (Å²) in [5, 5.41) is 17.7. The molecule has 2 aromatic carbocycles. The van der Waals surface area contributed by atoms with Gasteiger partial charge in [0.1, 0.15) is 11.3 Å². The van der Waals surface area contributed by atoms with Gasteiger partial charge in [0.05, 0.1) is 18.5 Å². The van der Waals surface area contributed by atoms with E-state index in [1.54, 1.807) is 30.3 Å². The molecule has 0 aliphatic heterocycles. The van der Waals surface area contributed by atoms with Crippen LogP contribution in [0.2, 0.25) is 0 Å². The normalized spacial score (nSPS) is 10.6. The van der Waals surface area contributed by atoms with Crippen molar-refractivity contribution in [3.63, 3.8) is 0 Å². The van der Waals surface area contributed by atoms with Crippen LogP contribution in [-0.2, 0) is 4.74 Å². The Bertz CT molecular complexity index is 736. The van der Waals surface area contributed by atoms with Crippen molar-refractivity contribution in [1.29, 1.82) is 0 Å². The fraction of sp³-hybridized carbons (Fsp3) is 0.125. The van der Waals surface area contributed by atoms with E-state index in [9.17, 15) is 14.7 Å². The van der Waals surface area contributed by atoms with E-state index in [0.29, 0.717) is 16.9 Å². The maximum Gasteiger partial charge on any atom is 0.341 e. The van der Waals surface area contributed by atoms with Crippen molar-refractivity contribution in [3.8, 4) is 5.75 Å². The predicted octanol–water partition coefficient (Wildman–Crippen LogP) is 3.80. The number of azo groups is 1. The van der Waals surface area contributed by atoms with Gasteiger partial charge < -0.3 is 9.84 Å². The largest absolute Gasteiger partial charge is 0.507 e. The summed E-state index contributed by atoms with van der Waals surface area (Å²) in [6.07, 6.45) is 0. The molecule has 1 N–H and O–H groups in total. The average Bonchev–Trinajstić information content (AvgIpc) is 2.52. The molecule has 0 aromatic heterocycles. The molecule has 6 heteroatoms. The summed E-state index contributed by atoms with van der Waals surface area (Å²) in [6.45, 7) is 1.49. The Kier molecular flexibility index (Phi) is 4.63. The van der Waals surface area contributed by atoms with Crippen LogP contribution in [-0.4, -0.2) is 24.0 Å². The predicted molar refractivity (Wildman–Crippen MR) is 80.1 cm³/mol. The molecule has 0 radical (unpaired) electrons. The lowest BCUT2D eigenvalue weighted by Gasteiger charge is -2.02. The maximum atomic E-state index is 11.3. The number of nitrogens with zero attached hydrogens (tertiary/aromatic N) is 2. The molecule has 0 unspecified atom stereocenters. The number of hydrogen-bond donors (Lipinski definition) is 1. The molecule has 0 amide bonds. The van der Waals surface area contributed by atoms with E-state index in [4.69, 9.17) is 0 Å². The highest BCUT2D eigenvalue weighted by molar-refractivity contribution is 5.94. The molecule has 112 valence electrons. The van der Waals surface area contributed by atoms with Gasteiger partial charge in [-0.2, -0.15) is 10.2 Å². The van der Waals surface area contributed by atoms with Crippen LogP contribution in [0.4, 0.5) is 11.4 Å². The minimum absolute atomic E-state index is 0.0215. The Hall–Kier alpha value is -3.02. The zero-order valence-electron chi connectivity index (χ0n) is 12.1. The maximum absolute atomic E-state index is 11.3. The van der Waals surface area contributed by atoms with E-state index in [-0.39, 0.29) is 17.1 Å². The number of carbonyl (C=O) groups excluding carboxylic acids is 2. The number of phenols is 1. The number of rotatable bonds is 4. The first-order valence-corrected chi connectivity index (χ1v) is 6.45. The number of Topliss-reactive ketones (excluding diaryl/α,β-unsaturated/α-hetero) is 1. The van der Waals surface area contributed by atoms with Gasteiger partial charge >= 0.3 is 5.97 Å². The minimum Gasteiger partial charge on any atom is -0.507 e. The first-order valence-electron chi connectivity index (χ1n) is 6.45. The van der Waals surface area contributed by atoms with E-state index in [1.807, 2.05) is 0 Å². The fourth-order valence-electron chi connectivity index (χ4n) is 1.74. The Morgan fingerprint density at radius 1 is 1.00 bits per heavy atom. The first-order chi connectivity index (χ1) is 10.5. The Labute approximate surface area is 127 Å². The standard InChI is InChI=1S/C16H14N2O4/c1-10(19)11-3-5-12(6-4-11)17-18-13-7-8-14(15(20)9-13)16(21)22-2/h3-9,20H,1-2H3. The quantitative estimate of drug-likeness (QED) is 0.528. The Balaban J connectivity index is 2.18. The molecule has 2 rings (SSSR count). The zero-order valence-corrected chi connectivity index (χ0v) is 12.1. The van der Waals surface area contributed by atoms with E-state index in [2.05, 4.69) is 15.0 Å². The number of aromatic hydroxyl groups is 1. The monoisotopic (exact) mass is 298 g/mol. The van der Waals surface area contributed by atoms with Crippen molar-refractivity contribution >= 4 is 23.1 Å². The van der Waals surface area contributed by atoms with Crippen LogP contribution in [0.25, 0.3) is 0 Å². The lowest BCUT2D eigenvalue weighted by molar-refractivity contribution is 0.0597. The van der Waals surface area contributed by atoms with Crippen LogP contribution >= 0.6 is 0 Å². The summed E-state index contributed by atoms with van der Waals surface area (Å²) in [6, 6.07) is 10.9. The van der Waals surface area contributed by atoms with Crippen LogP contribution in [0.1, 0.15) is 27.6 Å². The third-order valence-electron chi connectivity index (χ3n) is 2.94. The molecular weight excluding hydrogens is 284 g/mol. The van der Waals surface area contributed by atoms with Crippen molar-refractivity contribution in [3.05, 3.63) is 53.6 Å². The van der Waals surface area contributed by atoms with Gasteiger partial charge in [0.25, 0.3) is 0 Å². The summed E-state index contributed by atoms with van der Waals surface area (Å²) < 4.78 is 4.54. The highest BCUT2D eigenvalue weighted by Crippen LogP contribution is 2.26. The molecular formula is C16H14N2O4. The van der Waals surface area contributed by atoms with Gasteiger partial charge in [0.15, 0.2) is 5.78 Å². The van der Waals surface area contributed by atoms with E-state index >= 15 is 0 Å². The molecule has 0 spiro atoms. The number of benzene rings is 2. The van der Waals surface area contributed by atoms with Crippen molar-refractivity contribution in [2.75, 3.05) is 7.11 Å². The van der Waals surface area contributed by atoms with Crippen molar-refractivity contribution in [1.82, 2.24) is 0 Å². The van der Waals surface area contributed by atoms with Gasteiger partial charge in [0, 0.05) is 11.6 Å². The van der Waals surface area contributed by atoms with Gasteiger partial charge in [0.2, 0.25) is 0 Å². The van der Waals surface area contributed by atoms with Crippen molar-refractivity contribution in [2.45, 2.75) is 6.92 Å². The Morgan fingerprint density at radius 3 is 2.14 bits per heavy atom. The zero-order chi connectivity index (χ0) is 16.1. The number of ether oxygens (including phenoxy) is 1. The second-order valence-corrected chi connectivity index (χ2v) is 4.50. The summed E-state index contributed by atoms with van der Waals surface area (Å²) in [7, 11) is 1.24. The summed E-state index contributed by atoms with van der Waals surface area (Å²) in [4.78, 5) is 22.5. The van der Waals surface area contributed by atoms with Gasteiger partial charge in [-0.15, -0.1) is 0 Å². The van der Waals surface area contributed by atoms with E-state index in [0.717, 1.165) is 0 Å². The topological polar surface area (TPSA) is 88.3 Å². The summed E-state index contributed by atoms with van der Waals surface area (Å²) in [5.41, 5.74) is 1.62. The number of hydrogen-bond acceptors (Lipinski definition) is 6. The minimum atomic E-state index is -0.624. The molecule has 22 heavy (non-hydrogen) atoms. The van der Waals surface area contributed by atoms with Crippen LogP contribution in [0, 0.1) is 0 Å². The number of carbonyl (C=O) groups is 2. The fourth-order valence-corrected chi connectivity index (χ4v) is 1.74. The number of methoxy groups -OCH3 is 1. The molecule has 0 saturated heterocycles. The molecule has 2 aromatic rings. The second-order valence-electron chi connectivity index (χ2n) is 4.50. The average molecular weight is 298 g/mol. The van der Waals surface area contributed by atoms with Crippen LogP contribution in [0.5, 0.6) is 5.75 Å². The molecule has 0 fully saturated rings. The van der Waals surface area contributed by atoms with E-state index in [1.165, 1.54) is 26.2 Å². The van der Waals surface area contributed by atoms with Gasteiger partial charge in [-0.25, -0.2) is 4.79 Å².